The van der Waals surface area contributed by atoms with E-state index < -0.39 is 0 Å². The fraction of sp³-hybridized carbons (Fsp3) is 0.300. The Morgan fingerprint density at radius 1 is 1.44 bits per heavy atom. The molecule has 84 valence electrons. The summed E-state index contributed by atoms with van der Waals surface area (Å²) >= 11 is 0. The lowest BCUT2D eigenvalue weighted by atomic mass is 10.1. The Kier molecular flexibility index (Phi) is 2.80. The number of hydrogen-bond donors (Lipinski definition) is 1. The van der Waals surface area contributed by atoms with E-state index >= 15 is 0 Å². The molecule has 0 fully saturated rings. The maximum atomic E-state index is 12.9. The van der Waals surface area contributed by atoms with Gasteiger partial charge >= 0.3 is 0 Å². The standard InChI is InChI=1S/C10H12FN5/c1-7-6-9(11)3-2-8(7)4-5-16-10(12)13-14-15-16/h2-3,6H,4-5H2,1H3,(H2,12,13,15). The van der Waals surface area contributed by atoms with Crippen LogP contribution in [0.4, 0.5) is 10.3 Å². The number of nitrogens with two attached hydrogens (primary N) is 1. The minimum Gasteiger partial charge on any atom is -0.367 e. The highest BCUT2D eigenvalue weighted by Gasteiger charge is 2.04. The van der Waals surface area contributed by atoms with Crippen molar-refractivity contribution in [3.05, 3.63) is 35.1 Å². The first kappa shape index (κ1) is 10.5. The third-order valence-electron chi connectivity index (χ3n) is 2.46. The van der Waals surface area contributed by atoms with E-state index in [2.05, 4.69) is 15.5 Å². The van der Waals surface area contributed by atoms with Crippen LogP contribution >= 0.6 is 0 Å². The smallest absolute Gasteiger partial charge is 0.240 e. The monoisotopic (exact) mass is 221 g/mol. The van der Waals surface area contributed by atoms with Crippen LogP contribution in [0, 0.1) is 12.7 Å². The lowest BCUT2D eigenvalue weighted by Gasteiger charge is -2.05. The van der Waals surface area contributed by atoms with Gasteiger partial charge in [-0.15, -0.1) is 0 Å². The molecule has 1 aromatic heterocycles. The van der Waals surface area contributed by atoms with E-state index in [1.54, 1.807) is 6.07 Å². The Morgan fingerprint density at radius 2 is 2.25 bits per heavy atom. The van der Waals surface area contributed by atoms with Crippen LogP contribution in [-0.2, 0) is 13.0 Å². The summed E-state index contributed by atoms with van der Waals surface area (Å²) in [7, 11) is 0. The number of anilines is 1. The normalized spacial score (nSPS) is 10.6. The van der Waals surface area contributed by atoms with Gasteiger partial charge in [0.2, 0.25) is 5.95 Å². The van der Waals surface area contributed by atoms with E-state index in [9.17, 15) is 4.39 Å². The number of hydrogen-bond acceptors (Lipinski definition) is 4. The van der Waals surface area contributed by atoms with E-state index in [1.165, 1.54) is 16.8 Å². The summed E-state index contributed by atoms with van der Waals surface area (Å²) in [5, 5.41) is 10.8. The lowest BCUT2D eigenvalue weighted by Crippen LogP contribution is -2.08. The average molecular weight is 221 g/mol. The predicted octanol–water partition coefficient (Wildman–Crippen LogP) is 0.946. The van der Waals surface area contributed by atoms with Crippen LogP contribution in [0.1, 0.15) is 11.1 Å². The first-order valence-corrected chi connectivity index (χ1v) is 4.93. The van der Waals surface area contributed by atoms with Crippen molar-refractivity contribution in [2.24, 2.45) is 0 Å². The topological polar surface area (TPSA) is 69.6 Å². The number of rotatable bonds is 3. The van der Waals surface area contributed by atoms with Gasteiger partial charge in [0.1, 0.15) is 5.82 Å². The van der Waals surface area contributed by atoms with E-state index in [1.807, 2.05) is 6.92 Å². The summed E-state index contributed by atoms with van der Waals surface area (Å²) in [6.07, 6.45) is 0.724. The van der Waals surface area contributed by atoms with Crippen molar-refractivity contribution in [1.82, 2.24) is 20.2 Å². The van der Waals surface area contributed by atoms with Gasteiger partial charge in [0.15, 0.2) is 0 Å². The summed E-state index contributed by atoms with van der Waals surface area (Å²) in [4.78, 5) is 0. The molecule has 0 bridgehead atoms. The van der Waals surface area contributed by atoms with E-state index in [0.29, 0.717) is 12.5 Å². The highest BCUT2D eigenvalue weighted by molar-refractivity contribution is 5.26. The number of aryl methyl sites for hydroxylation is 3. The summed E-state index contributed by atoms with van der Waals surface area (Å²) in [5.41, 5.74) is 7.52. The van der Waals surface area contributed by atoms with Crippen molar-refractivity contribution in [2.75, 3.05) is 5.73 Å². The first-order valence-electron chi connectivity index (χ1n) is 4.93. The second kappa shape index (κ2) is 4.26. The number of nitrogens with zero attached hydrogens (tertiary/aromatic N) is 4. The van der Waals surface area contributed by atoms with Gasteiger partial charge in [-0.2, -0.15) is 0 Å². The summed E-state index contributed by atoms with van der Waals surface area (Å²) in [5.74, 6) is 0.0722. The predicted molar refractivity (Wildman–Crippen MR) is 57.1 cm³/mol. The zero-order valence-electron chi connectivity index (χ0n) is 8.89. The number of tetrazole rings is 1. The quantitative estimate of drug-likeness (QED) is 0.837. The molecule has 1 heterocycles. The highest BCUT2D eigenvalue weighted by atomic mass is 19.1. The van der Waals surface area contributed by atoms with Crippen LogP contribution in [0.5, 0.6) is 0 Å². The molecule has 0 amide bonds. The highest BCUT2D eigenvalue weighted by Crippen LogP contribution is 2.11. The Balaban J connectivity index is 2.08. The number of halogens is 1. The Morgan fingerprint density at radius 3 is 2.88 bits per heavy atom. The molecule has 0 aliphatic carbocycles. The van der Waals surface area contributed by atoms with Crippen LogP contribution in [0.3, 0.4) is 0 Å². The zero-order chi connectivity index (χ0) is 11.5. The summed E-state index contributed by atoms with van der Waals surface area (Å²) in [6.45, 7) is 2.46. The second-order valence-corrected chi connectivity index (χ2v) is 3.58. The minimum atomic E-state index is -0.219. The minimum absolute atomic E-state index is 0.219. The molecular formula is C10H12FN5. The molecule has 2 N–H and O–H groups in total. The molecule has 0 saturated carbocycles. The molecule has 1 aromatic carbocycles. The molecule has 2 rings (SSSR count). The lowest BCUT2D eigenvalue weighted by molar-refractivity contribution is 0.591. The number of aromatic nitrogens is 4. The molecule has 0 atom stereocenters. The molecule has 2 aromatic rings. The summed E-state index contributed by atoms with van der Waals surface area (Å²) in [6, 6.07) is 4.73. The van der Waals surface area contributed by atoms with Gasteiger partial charge < -0.3 is 5.73 Å². The van der Waals surface area contributed by atoms with Gasteiger partial charge in [-0.3, -0.25) is 0 Å². The third-order valence-corrected chi connectivity index (χ3v) is 2.46. The van der Waals surface area contributed by atoms with E-state index in [4.69, 9.17) is 5.73 Å². The van der Waals surface area contributed by atoms with Crippen LogP contribution in [0.15, 0.2) is 18.2 Å². The van der Waals surface area contributed by atoms with E-state index in [-0.39, 0.29) is 5.82 Å². The molecule has 0 unspecified atom stereocenters. The maximum Gasteiger partial charge on any atom is 0.240 e. The molecule has 0 aliphatic rings. The van der Waals surface area contributed by atoms with Gasteiger partial charge in [-0.05, 0) is 47.0 Å². The fourth-order valence-electron chi connectivity index (χ4n) is 1.54. The molecule has 0 aliphatic heterocycles. The van der Waals surface area contributed by atoms with Crippen molar-refractivity contribution in [1.29, 1.82) is 0 Å². The Labute approximate surface area is 92.1 Å². The molecular weight excluding hydrogens is 209 g/mol. The van der Waals surface area contributed by atoms with Crippen LogP contribution < -0.4 is 5.73 Å². The van der Waals surface area contributed by atoms with Gasteiger partial charge in [0.25, 0.3) is 0 Å². The average Bonchev–Trinajstić information content (AvgIpc) is 2.63. The van der Waals surface area contributed by atoms with Gasteiger partial charge in [-0.25, -0.2) is 9.07 Å². The zero-order valence-corrected chi connectivity index (χ0v) is 8.89. The number of nitrogen functional groups attached to an aromatic ring is 1. The van der Waals surface area contributed by atoms with Gasteiger partial charge in [-0.1, -0.05) is 11.2 Å². The molecule has 0 saturated heterocycles. The molecule has 0 radical (unpaired) electrons. The summed E-state index contributed by atoms with van der Waals surface area (Å²) < 4.78 is 14.4. The van der Waals surface area contributed by atoms with E-state index in [0.717, 1.165) is 17.5 Å². The van der Waals surface area contributed by atoms with Crippen molar-refractivity contribution in [2.45, 2.75) is 19.9 Å². The second-order valence-electron chi connectivity index (χ2n) is 3.58. The molecule has 0 spiro atoms. The van der Waals surface area contributed by atoms with Crippen molar-refractivity contribution in [3.8, 4) is 0 Å². The largest absolute Gasteiger partial charge is 0.367 e. The first-order chi connectivity index (χ1) is 7.66. The van der Waals surface area contributed by atoms with Crippen LogP contribution in [-0.4, -0.2) is 20.2 Å². The Bertz CT molecular complexity index is 494. The molecule has 6 heteroatoms. The molecule has 5 nitrogen and oxygen atoms in total. The van der Waals surface area contributed by atoms with Crippen molar-refractivity contribution in [3.63, 3.8) is 0 Å². The van der Waals surface area contributed by atoms with Crippen molar-refractivity contribution >= 4 is 5.95 Å². The number of benzene rings is 1. The fourth-order valence-corrected chi connectivity index (χ4v) is 1.54. The van der Waals surface area contributed by atoms with Crippen LogP contribution in [0.25, 0.3) is 0 Å². The molecule has 16 heavy (non-hydrogen) atoms. The SMILES string of the molecule is Cc1cc(F)ccc1CCn1nnnc1N. The van der Waals surface area contributed by atoms with Crippen LogP contribution in [0.2, 0.25) is 0 Å². The maximum absolute atomic E-state index is 12.9. The third kappa shape index (κ3) is 2.16. The van der Waals surface area contributed by atoms with Gasteiger partial charge in [0.05, 0.1) is 6.54 Å². The Hall–Kier alpha value is -1.98. The van der Waals surface area contributed by atoms with Gasteiger partial charge in [0, 0.05) is 0 Å². The van der Waals surface area contributed by atoms with Crippen molar-refractivity contribution < 1.29 is 4.39 Å².